The standard InChI is InChI=1S/C20H31NO3/c1-19(2,3)24-18(22)17-16(13-21-20(17,4)5)11-12-23-14-15-9-7-6-8-10-15/h6-10,16-17,21H,11-14H2,1-5H3/t16?,17-/m1/s1. The molecule has 0 spiro atoms. The summed E-state index contributed by atoms with van der Waals surface area (Å²) in [6.07, 6.45) is 0.854. The number of nitrogens with one attached hydrogen (secondary N) is 1. The van der Waals surface area contributed by atoms with Gasteiger partial charge in [-0.2, -0.15) is 0 Å². The molecular weight excluding hydrogens is 302 g/mol. The van der Waals surface area contributed by atoms with E-state index >= 15 is 0 Å². The number of esters is 1. The van der Waals surface area contributed by atoms with Crippen molar-refractivity contribution in [2.45, 2.75) is 58.8 Å². The molecular formula is C20H31NO3. The summed E-state index contributed by atoms with van der Waals surface area (Å²) in [7, 11) is 0. The molecule has 24 heavy (non-hydrogen) atoms. The number of ether oxygens (including phenoxy) is 2. The van der Waals surface area contributed by atoms with E-state index in [1.54, 1.807) is 0 Å². The highest BCUT2D eigenvalue weighted by molar-refractivity contribution is 5.75. The van der Waals surface area contributed by atoms with Crippen molar-refractivity contribution in [2.24, 2.45) is 11.8 Å². The fourth-order valence-electron chi connectivity index (χ4n) is 3.33. The second kappa shape index (κ2) is 7.66. The summed E-state index contributed by atoms with van der Waals surface area (Å²) in [5.74, 6) is -0.00627. The maximum atomic E-state index is 12.6. The van der Waals surface area contributed by atoms with E-state index < -0.39 is 5.60 Å². The molecule has 4 heteroatoms. The van der Waals surface area contributed by atoms with Crippen molar-refractivity contribution in [3.63, 3.8) is 0 Å². The molecule has 1 aliphatic heterocycles. The van der Waals surface area contributed by atoms with E-state index in [9.17, 15) is 4.79 Å². The minimum absolute atomic E-state index is 0.106. The lowest BCUT2D eigenvalue weighted by atomic mass is 9.81. The predicted molar refractivity (Wildman–Crippen MR) is 95.6 cm³/mol. The van der Waals surface area contributed by atoms with Crippen molar-refractivity contribution < 1.29 is 14.3 Å². The van der Waals surface area contributed by atoms with Crippen molar-refractivity contribution in [3.05, 3.63) is 35.9 Å². The third-order valence-electron chi connectivity index (χ3n) is 4.47. The summed E-state index contributed by atoms with van der Waals surface area (Å²) in [4.78, 5) is 12.6. The van der Waals surface area contributed by atoms with Gasteiger partial charge in [0.25, 0.3) is 0 Å². The normalized spacial score (nSPS) is 23.2. The maximum Gasteiger partial charge on any atom is 0.311 e. The van der Waals surface area contributed by atoms with Gasteiger partial charge in [-0.05, 0) is 59.1 Å². The fraction of sp³-hybridized carbons (Fsp3) is 0.650. The van der Waals surface area contributed by atoms with E-state index in [0.717, 1.165) is 13.0 Å². The van der Waals surface area contributed by atoms with Crippen molar-refractivity contribution in [3.8, 4) is 0 Å². The van der Waals surface area contributed by atoms with Crippen LogP contribution >= 0.6 is 0 Å². The monoisotopic (exact) mass is 333 g/mol. The Balaban J connectivity index is 1.87. The summed E-state index contributed by atoms with van der Waals surface area (Å²) in [5.41, 5.74) is 0.474. The molecule has 1 N–H and O–H groups in total. The summed E-state index contributed by atoms with van der Waals surface area (Å²) in [6.45, 7) is 12.0. The zero-order valence-electron chi connectivity index (χ0n) is 15.6. The summed E-state index contributed by atoms with van der Waals surface area (Å²) in [5, 5.41) is 3.46. The summed E-state index contributed by atoms with van der Waals surface area (Å²) >= 11 is 0. The van der Waals surface area contributed by atoms with Crippen molar-refractivity contribution in [1.82, 2.24) is 5.32 Å². The molecule has 134 valence electrons. The molecule has 1 aliphatic rings. The van der Waals surface area contributed by atoms with Crippen LogP contribution in [0, 0.1) is 11.8 Å². The van der Waals surface area contributed by atoms with Gasteiger partial charge in [0, 0.05) is 12.1 Å². The van der Waals surface area contributed by atoms with Gasteiger partial charge in [-0.1, -0.05) is 30.3 Å². The average Bonchev–Trinajstić information content (AvgIpc) is 2.78. The Kier molecular flexibility index (Phi) is 6.05. The van der Waals surface area contributed by atoms with Crippen molar-refractivity contribution >= 4 is 5.97 Å². The number of hydrogen-bond donors (Lipinski definition) is 1. The van der Waals surface area contributed by atoms with E-state index in [0.29, 0.717) is 13.2 Å². The van der Waals surface area contributed by atoms with Crippen LogP contribution in [0.4, 0.5) is 0 Å². The molecule has 1 fully saturated rings. The molecule has 1 saturated heterocycles. The number of hydrogen-bond acceptors (Lipinski definition) is 4. The Morgan fingerprint density at radius 2 is 1.92 bits per heavy atom. The second-order valence-corrected chi connectivity index (χ2v) is 8.20. The first-order chi connectivity index (χ1) is 11.2. The summed E-state index contributed by atoms with van der Waals surface area (Å²) in [6, 6.07) is 10.1. The number of rotatable bonds is 6. The van der Waals surface area contributed by atoms with E-state index in [1.807, 2.05) is 39.0 Å². The Morgan fingerprint density at radius 1 is 1.25 bits per heavy atom. The molecule has 0 amide bonds. The van der Waals surface area contributed by atoms with Crippen molar-refractivity contribution in [1.29, 1.82) is 0 Å². The fourth-order valence-corrected chi connectivity index (χ4v) is 3.33. The minimum atomic E-state index is -0.454. The molecule has 1 heterocycles. The van der Waals surface area contributed by atoms with Gasteiger partial charge in [0.1, 0.15) is 5.60 Å². The zero-order chi connectivity index (χ0) is 17.8. The van der Waals surface area contributed by atoms with E-state index in [1.165, 1.54) is 5.56 Å². The summed E-state index contributed by atoms with van der Waals surface area (Å²) < 4.78 is 11.4. The first-order valence-electron chi connectivity index (χ1n) is 8.78. The van der Waals surface area contributed by atoms with E-state index in [4.69, 9.17) is 9.47 Å². The molecule has 0 aliphatic carbocycles. The highest BCUT2D eigenvalue weighted by atomic mass is 16.6. The SMILES string of the molecule is CC(C)(C)OC(=O)[C@H]1C(CCOCc2ccccc2)CNC1(C)C. The lowest BCUT2D eigenvalue weighted by Gasteiger charge is -2.31. The number of carbonyl (C=O) groups excluding carboxylic acids is 1. The van der Waals surface area contributed by atoms with Gasteiger partial charge in [0.15, 0.2) is 0 Å². The Bertz CT molecular complexity index is 534. The third-order valence-corrected chi connectivity index (χ3v) is 4.47. The Labute approximate surface area is 145 Å². The van der Waals surface area contributed by atoms with E-state index in [2.05, 4.69) is 31.3 Å². The van der Waals surface area contributed by atoms with Gasteiger partial charge in [-0.15, -0.1) is 0 Å². The highest BCUT2D eigenvalue weighted by Gasteiger charge is 2.47. The quantitative estimate of drug-likeness (QED) is 0.639. The highest BCUT2D eigenvalue weighted by Crippen LogP contribution is 2.35. The van der Waals surface area contributed by atoms with Crippen LogP contribution in [-0.4, -0.2) is 30.3 Å². The van der Waals surface area contributed by atoms with Gasteiger partial charge in [0.2, 0.25) is 0 Å². The zero-order valence-corrected chi connectivity index (χ0v) is 15.6. The van der Waals surface area contributed by atoms with Gasteiger partial charge < -0.3 is 14.8 Å². The average molecular weight is 333 g/mol. The predicted octanol–water partition coefficient (Wildman–Crippen LogP) is 3.55. The van der Waals surface area contributed by atoms with Gasteiger partial charge in [-0.25, -0.2) is 0 Å². The van der Waals surface area contributed by atoms with Crippen LogP contribution in [0.15, 0.2) is 30.3 Å². The number of benzene rings is 1. The lowest BCUT2D eigenvalue weighted by Crippen LogP contribution is -2.44. The van der Waals surface area contributed by atoms with Crippen LogP contribution < -0.4 is 5.32 Å². The Morgan fingerprint density at radius 3 is 2.54 bits per heavy atom. The molecule has 2 atom stereocenters. The molecule has 2 rings (SSSR count). The van der Waals surface area contributed by atoms with Crippen LogP contribution in [0.5, 0.6) is 0 Å². The first kappa shape index (κ1) is 18.9. The van der Waals surface area contributed by atoms with Crippen molar-refractivity contribution in [2.75, 3.05) is 13.2 Å². The lowest BCUT2D eigenvalue weighted by molar-refractivity contribution is -0.163. The first-order valence-corrected chi connectivity index (χ1v) is 8.78. The largest absolute Gasteiger partial charge is 0.460 e. The van der Waals surface area contributed by atoms with E-state index in [-0.39, 0.29) is 23.3 Å². The maximum absolute atomic E-state index is 12.6. The van der Waals surface area contributed by atoms with Gasteiger partial charge in [-0.3, -0.25) is 4.79 Å². The topological polar surface area (TPSA) is 47.6 Å². The molecule has 1 aromatic carbocycles. The molecule has 0 bridgehead atoms. The molecule has 1 unspecified atom stereocenters. The minimum Gasteiger partial charge on any atom is -0.460 e. The van der Waals surface area contributed by atoms with Crippen LogP contribution in [-0.2, 0) is 20.9 Å². The van der Waals surface area contributed by atoms with Crippen LogP contribution in [0.2, 0.25) is 0 Å². The van der Waals surface area contributed by atoms with Gasteiger partial charge >= 0.3 is 5.97 Å². The molecule has 1 aromatic rings. The van der Waals surface area contributed by atoms with Crippen LogP contribution in [0.3, 0.4) is 0 Å². The third kappa shape index (κ3) is 5.32. The van der Waals surface area contributed by atoms with Gasteiger partial charge in [0.05, 0.1) is 12.5 Å². The molecule has 0 saturated carbocycles. The Hall–Kier alpha value is -1.39. The molecule has 0 radical (unpaired) electrons. The second-order valence-electron chi connectivity index (χ2n) is 8.20. The van der Waals surface area contributed by atoms with Crippen LogP contribution in [0.25, 0.3) is 0 Å². The smallest absolute Gasteiger partial charge is 0.311 e. The number of carbonyl (C=O) groups is 1. The molecule has 4 nitrogen and oxygen atoms in total. The molecule has 0 aromatic heterocycles. The van der Waals surface area contributed by atoms with Crippen LogP contribution in [0.1, 0.15) is 46.6 Å².